The summed E-state index contributed by atoms with van der Waals surface area (Å²) >= 11 is 12.0. The lowest BCUT2D eigenvalue weighted by atomic mass is 10.2. The summed E-state index contributed by atoms with van der Waals surface area (Å²) in [5.74, 6) is -0.0206. The third-order valence-electron chi connectivity index (χ3n) is 2.81. The zero-order chi connectivity index (χ0) is 13.6. The number of nitrogen functional groups attached to an aromatic ring is 1. The maximum atomic E-state index is 13.0. The van der Waals surface area contributed by atoms with Crippen LogP contribution in [0, 0.1) is 5.82 Å². The lowest BCUT2D eigenvalue weighted by molar-refractivity contribution is 0.627. The summed E-state index contributed by atoms with van der Waals surface area (Å²) in [5, 5.41) is 0.829. The van der Waals surface area contributed by atoms with E-state index in [9.17, 15) is 4.39 Å². The summed E-state index contributed by atoms with van der Waals surface area (Å²) in [4.78, 5) is 4.22. The second-order valence-corrected chi connectivity index (χ2v) is 4.85. The Morgan fingerprint density at radius 2 is 1.68 bits per heavy atom. The van der Waals surface area contributed by atoms with Crippen LogP contribution < -0.4 is 5.73 Å². The number of benzene rings is 2. The Morgan fingerprint density at radius 3 is 2.37 bits per heavy atom. The number of nitrogens with two attached hydrogens (primary N) is 1. The Labute approximate surface area is 118 Å². The van der Waals surface area contributed by atoms with Crippen molar-refractivity contribution in [2.75, 3.05) is 5.73 Å². The normalized spacial score (nSPS) is 11.1. The van der Waals surface area contributed by atoms with Crippen LogP contribution in [0.25, 0.3) is 16.7 Å². The van der Waals surface area contributed by atoms with E-state index in [0.717, 1.165) is 5.52 Å². The molecule has 1 aromatic heterocycles. The SMILES string of the molecule is Nc1nc2cc(Cl)c(Cl)cc2n1-c1ccc(F)cc1. The molecule has 0 fully saturated rings. The van der Waals surface area contributed by atoms with Crippen molar-refractivity contribution < 1.29 is 4.39 Å². The molecule has 0 aliphatic heterocycles. The van der Waals surface area contributed by atoms with Crippen molar-refractivity contribution >= 4 is 40.2 Å². The van der Waals surface area contributed by atoms with E-state index in [2.05, 4.69) is 4.98 Å². The molecule has 3 aromatic rings. The van der Waals surface area contributed by atoms with Gasteiger partial charge in [0.2, 0.25) is 5.95 Å². The van der Waals surface area contributed by atoms with E-state index in [1.807, 2.05) is 0 Å². The number of nitrogens with zero attached hydrogens (tertiary/aromatic N) is 2. The molecule has 3 nitrogen and oxygen atoms in total. The minimum Gasteiger partial charge on any atom is -0.369 e. The Morgan fingerprint density at radius 1 is 1.05 bits per heavy atom. The van der Waals surface area contributed by atoms with E-state index in [4.69, 9.17) is 28.9 Å². The van der Waals surface area contributed by atoms with Gasteiger partial charge in [-0.3, -0.25) is 4.57 Å². The number of hydrogen-bond donors (Lipinski definition) is 1. The molecule has 0 spiro atoms. The number of rotatable bonds is 1. The molecule has 0 aliphatic carbocycles. The van der Waals surface area contributed by atoms with Gasteiger partial charge in [0.25, 0.3) is 0 Å². The highest BCUT2D eigenvalue weighted by Gasteiger charge is 2.12. The number of anilines is 1. The molecule has 96 valence electrons. The summed E-state index contributed by atoms with van der Waals surface area (Å²) in [6.45, 7) is 0. The minimum atomic E-state index is -0.312. The molecular formula is C13H8Cl2FN3. The molecule has 3 rings (SSSR count). The van der Waals surface area contributed by atoms with E-state index in [1.165, 1.54) is 12.1 Å². The van der Waals surface area contributed by atoms with E-state index in [1.54, 1.807) is 28.8 Å². The molecule has 6 heteroatoms. The molecule has 2 N–H and O–H groups in total. The topological polar surface area (TPSA) is 43.8 Å². The first-order valence-corrected chi connectivity index (χ1v) is 6.21. The highest BCUT2D eigenvalue weighted by atomic mass is 35.5. The van der Waals surface area contributed by atoms with Crippen molar-refractivity contribution in [2.45, 2.75) is 0 Å². The number of halogens is 3. The zero-order valence-corrected chi connectivity index (χ0v) is 11.1. The molecule has 2 aromatic carbocycles. The third-order valence-corrected chi connectivity index (χ3v) is 3.53. The van der Waals surface area contributed by atoms with Crippen LogP contribution in [0.1, 0.15) is 0 Å². The summed E-state index contributed by atoms with van der Waals surface area (Å²) in [6.07, 6.45) is 0. The van der Waals surface area contributed by atoms with Crippen LogP contribution in [0.4, 0.5) is 10.3 Å². The van der Waals surface area contributed by atoms with Gasteiger partial charge in [0.15, 0.2) is 0 Å². The van der Waals surface area contributed by atoms with Crippen molar-refractivity contribution in [1.29, 1.82) is 0 Å². The maximum absolute atomic E-state index is 13.0. The van der Waals surface area contributed by atoms with Gasteiger partial charge in [0.05, 0.1) is 21.1 Å². The Balaban J connectivity index is 2.31. The van der Waals surface area contributed by atoms with Gasteiger partial charge < -0.3 is 5.73 Å². The molecule has 19 heavy (non-hydrogen) atoms. The van der Waals surface area contributed by atoms with Crippen molar-refractivity contribution in [1.82, 2.24) is 9.55 Å². The minimum absolute atomic E-state index is 0.292. The molecule has 0 saturated carbocycles. The molecule has 0 radical (unpaired) electrons. The number of imidazole rings is 1. The summed E-state index contributed by atoms with van der Waals surface area (Å²) in [7, 11) is 0. The predicted octanol–water partition coefficient (Wildman–Crippen LogP) is 4.05. The van der Waals surface area contributed by atoms with E-state index in [-0.39, 0.29) is 5.82 Å². The lowest BCUT2D eigenvalue weighted by Crippen LogP contribution is -2.00. The van der Waals surface area contributed by atoms with Crippen molar-refractivity contribution in [2.24, 2.45) is 0 Å². The summed E-state index contributed by atoms with van der Waals surface area (Å²) in [5.41, 5.74) is 7.96. The van der Waals surface area contributed by atoms with Gasteiger partial charge in [-0.05, 0) is 36.4 Å². The van der Waals surface area contributed by atoms with Gasteiger partial charge in [-0.2, -0.15) is 0 Å². The Kier molecular flexibility index (Phi) is 2.84. The van der Waals surface area contributed by atoms with Gasteiger partial charge >= 0.3 is 0 Å². The molecule has 0 unspecified atom stereocenters. The van der Waals surface area contributed by atoms with Crippen LogP contribution in [-0.2, 0) is 0 Å². The van der Waals surface area contributed by atoms with Crippen molar-refractivity contribution in [3.8, 4) is 5.69 Å². The van der Waals surface area contributed by atoms with Crippen LogP contribution in [-0.4, -0.2) is 9.55 Å². The predicted molar refractivity (Wildman–Crippen MR) is 75.5 cm³/mol. The van der Waals surface area contributed by atoms with Gasteiger partial charge in [-0.1, -0.05) is 23.2 Å². The molecule has 0 bridgehead atoms. The molecular weight excluding hydrogens is 288 g/mol. The molecule has 1 heterocycles. The fraction of sp³-hybridized carbons (Fsp3) is 0. The molecule has 0 saturated heterocycles. The Bertz CT molecular complexity index is 766. The monoisotopic (exact) mass is 295 g/mol. The van der Waals surface area contributed by atoms with Crippen LogP contribution >= 0.6 is 23.2 Å². The van der Waals surface area contributed by atoms with E-state index in [0.29, 0.717) is 27.2 Å². The van der Waals surface area contributed by atoms with Gasteiger partial charge in [0, 0.05) is 5.69 Å². The number of fused-ring (bicyclic) bond motifs is 1. The first kappa shape index (κ1) is 12.3. The summed E-state index contributed by atoms with van der Waals surface area (Å²) in [6, 6.07) is 9.29. The van der Waals surface area contributed by atoms with E-state index < -0.39 is 0 Å². The average molecular weight is 296 g/mol. The van der Waals surface area contributed by atoms with Gasteiger partial charge in [-0.15, -0.1) is 0 Å². The quantitative estimate of drug-likeness (QED) is 0.736. The smallest absolute Gasteiger partial charge is 0.205 e. The second kappa shape index (κ2) is 4.40. The highest BCUT2D eigenvalue weighted by Crippen LogP contribution is 2.30. The fourth-order valence-corrected chi connectivity index (χ4v) is 2.27. The number of aromatic nitrogens is 2. The molecule has 0 amide bonds. The summed E-state index contributed by atoms with van der Waals surface area (Å²) < 4.78 is 14.7. The van der Waals surface area contributed by atoms with Crippen molar-refractivity contribution in [3.63, 3.8) is 0 Å². The van der Waals surface area contributed by atoms with E-state index >= 15 is 0 Å². The third kappa shape index (κ3) is 2.03. The highest BCUT2D eigenvalue weighted by molar-refractivity contribution is 6.42. The first-order chi connectivity index (χ1) is 9.06. The first-order valence-electron chi connectivity index (χ1n) is 5.45. The lowest BCUT2D eigenvalue weighted by Gasteiger charge is -2.06. The zero-order valence-electron chi connectivity index (χ0n) is 9.57. The van der Waals surface area contributed by atoms with Crippen LogP contribution in [0.15, 0.2) is 36.4 Å². The second-order valence-electron chi connectivity index (χ2n) is 4.04. The standard InChI is InChI=1S/C13H8Cl2FN3/c14-9-5-11-12(6-10(9)15)19(13(17)18-11)8-3-1-7(16)2-4-8/h1-6H,(H2,17,18). The molecule has 0 aliphatic rings. The van der Waals surface area contributed by atoms with Gasteiger partial charge in [-0.25, -0.2) is 9.37 Å². The largest absolute Gasteiger partial charge is 0.369 e. The van der Waals surface area contributed by atoms with Crippen LogP contribution in [0.3, 0.4) is 0 Å². The average Bonchev–Trinajstić information content (AvgIpc) is 2.67. The van der Waals surface area contributed by atoms with Crippen LogP contribution in [0.2, 0.25) is 10.0 Å². The molecule has 0 atom stereocenters. The number of hydrogen-bond acceptors (Lipinski definition) is 2. The Hall–Kier alpha value is -1.78. The van der Waals surface area contributed by atoms with Crippen LogP contribution in [0.5, 0.6) is 0 Å². The van der Waals surface area contributed by atoms with Gasteiger partial charge in [0.1, 0.15) is 5.82 Å². The van der Waals surface area contributed by atoms with Crippen molar-refractivity contribution in [3.05, 3.63) is 52.3 Å². The maximum Gasteiger partial charge on any atom is 0.205 e. The fourth-order valence-electron chi connectivity index (χ4n) is 1.95.